The minimum absolute atomic E-state index is 0.186. The number of hydrogen-bond acceptors (Lipinski definition) is 7. The predicted octanol–water partition coefficient (Wildman–Crippen LogP) is 10.0. The predicted molar refractivity (Wildman–Crippen MR) is 212 cm³/mol. The van der Waals surface area contributed by atoms with Crippen LogP contribution in [0.4, 0.5) is 18.0 Å². The molecule has 1 spiro atoms. The van der Waals surface area contributed by atoms with Crippen molar-refractivity contribution < 1.29 is 51.4 Å². The number of piperidine rings is 1. The number of aliphatic carboxylic acids is 1. The van der Waals surface area contributed by atoms with E-state index < -0.39 is 29.9 Å². The Morgan fingerprint density at radius 3 is 1.74 bits per heavy atom. The second-order valence-electron chi connectivity index (χ2n) is 15.6. The molecular weight excluding hydrogens is 736 g/mol. The average molecular weight is 798 g/mol. The summed E-state index contributed by atoms with van der Waals surface area (Å²) in [7, 11) is 0. The lowest BCUT2D eigenvalue weighted by Gasteiger charge is -2.47. The number of carbonyl (C=O) groups is 3. The second-order valence-corrected chi connectivity index (χ2v) is 15.6. The maximum absolute atomic E-state index is 14.5. The van der Waals surface area contributed by atoms with Crippen LogP contribution in [0.5, 0.6) is 0 Å². The molecule has 11 heteroatoms. The summed E-state index contributed by atoms with van der Waals surface area (Å²) in [5, 5.41) is 8.78. The molecule has 3 aliphatic rings. The Labute approximate surface area is 337 Å². The Balaban J connectivity index is 0.000000940. The molecule has 0 saturated carbocycles. The summed E-state index contributed by atoms with van der Waals surface area (Å²) in [6.45, 7) is 5.03. The maximum atomic E-state index is 14.5. The molecular formula is C46H62F3NO7. The first-order valence-corrected chi connectivity index (χ1v) is 21.2. The van der Waals surface area contributed by atoms with Gasteiger partial charge in [0.2, 0.25) is 0 Å². The number of benzene rings is 2. The molecule has 3 aliphatic heterocycles. The number of allylic oxidation sites excluding steroid dienone is 4. The molecule has 0 aromatic heterocycles. The number of carboxylic acids is 1. The van der Waals surface area contributed by atoms with E-state index in [2.05, 4.69) is 31.2 Å². The van der Waals surface area contributed by atoms with Crippen LogP contribution >= 0.6 is 0 Å². The molecule has 0 radical (unpaired) electrons. The Morgan fingerprint density at radius 1 is 0.737 bits per heavy atom. The van der Waals surface area contributed by atoms with Gasteiger partial charge in [-0.1, -0.05) is 130 Å². The molecule has 2 atom stereocenters. The van der Waals surface area contributed by atoms with E-state index in [-0.39, 0.29) is 12.7 Å². The number of unbranched alkanes of at least 4 members (excludes halogenated alkanes) is 9. The molecule has 57 heavy (non-hydrogen) atoms. The van der Waals surface area contributed by atoms with Crippen molar-refractivity contribution in [3.8, 4) is 0 Å². The van der Waals surface area contributed by atoms with Crippen molar-refractivity contribution in [3.63, 3.8) is 0 Å². The highest BCUT2D eigenvalue weighted by Gasteiger charge is 2.57. The third-order valence-corrected chi connectivity index (χ3v) is 11.7. The quantitative estimate of drug-likeness (QED) is 0.0569. The smallest absolute Gasteiger partial charge is 0.510 e. The van der Waals surface area contributed by atoms with Crippen LogP contribution < -0.4 is 5.11 Å². The highest BCUT2D eigenvalue weighted by molar-refractivity contribution is 5.88. The van der Waals surface area contributed by atoms with E-state index in [1.54, 1.807) is 0 Å². The molecule has 2 unspecified atom stereocenters. The molecule has 2 aromatic carbocycles. The number of alkyl halides is 3. The van der Waals surface area contributed by atoms with Crippen LogP contribution in [0.2, 0.25) is 0 Å². The fraction of sp³-hybridized carbons (Fsp3) is 0.587. The highest BCUT2D eigenvalue weighted by atomic mass is 19.4. The Hall–Kier alpha value is -4.12. The Kier molecular flexibility index (Phi) is 18.7. The molecule has 0 amide bonds. The van der Waals surface area contributed by atoms with Crippen molar-refractivity contribution in [1.29, 1.82) is 0 Å². The van der Waals surface area contributed by atoms with Crippen LogP contribution in [0.15, 0.2) is 85.0 Å². The van der Waals surface area contributed by atoms with Gasteiger partial charge in [0, 0.05) is 49.7 Å². The van der Waals surface area contributed by atoms with Crippen molar-refractivity contribution in [3.05, 3.63) is 96.1 Å². The second kappa shape index (κ2) is 23.3. The van der Waals surface area contributed by atoms with Crippen LogP contribution in [0.3, 0.4) is 0 Å². The number of esters is 1. The van der Waals surface area contributed by atoms with Crippen LogP contribution in [-0.2, 0) is 29.4 Å². The number of carbonyl (C=O) groups excluding carboxylic acids is 3. The summed E-state index contributed by atoms with van der Waals surface area (Å²) >= 11 is 0. The summed E-state index contributed by atoms with van der Waals surface area (Å²) in [6.07, 6.45) is 23.4. The van der Waals surface area contributed by atoms with E-state index in [1.165, 1.54) is 88.2 Å². The van der Waals surface area contributed by atoms with Crippen molar-refractivity contribution in [2.24, 2.45) is 0 Å². The molecule has 8 nitrogen and oxygen atoms in total. The average Bonchev–Trinajstić information content (AvgIpc) is 3.75. The number of halogens is 3. The third kappa shape index (κ3) is 13.5. The van der Waals surface area contributed by atoms with Gasteiger partial charge >= 0.3 is 18.3 Å². The molecule has 5 rings (SSSR count). The zero-order chi connectivity index (χ0) is 41.0. The van der Waals surface area contributed by atoms with E-state index in [9.17, 15) is 22.8 Å². The third-order valence-electron chi connectivity index (χ3n) is 11.7. The first-order valence-electron chi connectivity index (χ1n) is 21.2. The van der Waals surface area contributed by atoms with Gasteiger partial charge in [-0.15, -0.1) is 0 Å². The van der Waals surface area contributed by atoms with Gasteiger partial charge in [0.05, 0.1) is 31.8 Å². The zero-order valence-corrected chi connectivity index (χ0v) is 33.6. The van der Waals surface area contributed by atoms with E-state index in [0.717, 1.165) is 44.9 Å². The van der Waals surface area contributed by atoms with Gasteiger partial charge in [-0.3, -0.25) is 0 Å². The van der Waals surface area contributed by atoms with Crippen LogP contribution in [-0.4, -0.2) is 66.6 Å². The van der Waals surface area contributed by atoms with Crippen molar-refractivity contribution >= 4 is 18.1 Å². The van der Waals surface area contributed by atoms with E-state index in [1.807, 2.05) is 60.7 Å². The summed E-state index contributed by atoms with van der Waals surface area (Å²) in [5.74, 6) is -3.55. The SMILES string of the molecule is CCCCC/C=C\C/C=C\CCCCCCCCOC(=O)OC(C(=O)OC1CC2CCC(C1)[N+]21CCCC1)(c1ccccc1)c1ccccc1.O=C([O-])C(F)(F)F. The summed E-state index contributed by atoms with van der Waals surface area (Å²) in [4.78, 5) is 36.6. The number of ether oxygens (including phenoxy) is 3. The van der Waals surface area contributed by atoms with Crippen molar-refractivity contribution in [2.75, 3.05) is 19.7 Å². The Morgan fingerprint density at radius 2 is 1.23 bits per heavy atom. The number of rotatable bonds is 20. The van der Waals surface area contributed by atoms with Crippen molar-refractivity contribution in [2.45, 2.75) is 152 Å². The topological polar surface area (TPSA) is 102 Å². The molecule has 2 bridgehead atoms. The Bertz CT molecular complexity index is 1500. The number of quaternary nitrogens is 1. The molecule has 3 fully saturated rings. The highest BCUT2D eigenvalue weighted by Crippen LogP contribution is 2.47. The fourth-order valence-electron chi connectivity index (χ4n) is 8.85. The number of hydrogen-bond donors (Lipinski definition) is 0. The largest absolute Gasteiger partial charge is 0.542 e. The molecule has 0 N–H and O–H groups in total. The lowest BCUT2D eigenvalue weighted by molar-refractivity contribution is -0.956. The van der Waals surface area contributed by atoms with Crippen molar-refractivity contribution in [1.82, 2.24) is 0 Å². The molecule has 314 valence electrons. The van der Waals surface area contributed by atoms with Gasteiger partial charge in [0.15, 0.2) is 0 Å². The normalized spacial score (nSPS) is 20.0. The van der Waals surface area contributed by atoms with E-state index in [4.69, 9.17) is 24.1 Å². The van der Waals surface area contributed by atoms with Crippen LogP contribution in [0, 0.1) is 0 Å². The molecule has 0 aliphatic carbocycles. The van der Waals surface area contributed by atoms with E-state index >= 15 is 0 Å². The van der Waals surface area contributed by atoms with Gasteiger partial charge in [0.25, 0.3) is 5.60 Å². The minimum Gasteiger partial charge on any atom is -0.542 e. The molecule has 3 saturated heterocycles. The lowest BCUT2D eigenvalue weighted by Crippen LogP contribution is -2.60. The summed E-state index contributed by atoms with van der Waals surface area (Å²) < 4.78 is 51.0. The summed E-state index contributed by atoms with van der Waals surface area (Å²) in [6, 6.07) is 19.7. The number of nitrogens with zero attached hydrogens (tertiary/aromatic N) is 1. The zero-order valence-electron chi connectivity index (χ0n) is 33.6. The number of carboxylic acid groups (broad SMARTS) is 1. The molecule has 3 heterocycles. The lowest BCUT2D eigenvalue weighted by atomic mass is 9.85. The first-order chi connectivity index (χ1) is 27.5. The monoisotopic (exact) mass is 797 g/mol. The van der Waals surface area contributed by atoms with Gasteiger partial charge in [-0.2, -0.15) is 13.2 Å². The maximum Gasteiger partial charge on any atom is 0.510 e. The van der Waals surface area contributed by atoms with Gasteiger partial charge in [0.1, 0.15) is 12.1 Å². The van der Waals surface area contributed by atoms with Gasteiger partial charge in [-0.05, 0) is 38.5 Å². The molecule has 2 aromatic rings. The first kappa shape index (κ1) is 45.6. The summed E-state index contributed by atoms with van der Waals surface area (Å²) in [5.41, 5.74) is -0.637. The van der Waals surface area contributed by atoms with E-state index in [0.29, 0.717) is 23.2 Å². The van der Waals surface area contributed by atoms with Gasteiger partial charge < -0.3 is 28.6 Å². The van der Waals surface area contributed by atoms with Crippen LogP contribution in [0.1, 0.15) is 134 Å². The van der Waals surface area contributed by atoms with Gasteiger partial charge in [-0.25, -0.2) is 9.59 Å². The fourth-order valence-corrected chi connectivity index (χ4v) is 8.85. The standard InChI is InChI=1S/C44H62NO5.C2HF3O2/c1-2-3-4-5-6-7-8-9-10-11-12-13-14-15-16-25-34-48-43(47)50-44(37-26-19-17-20-27-37,38-28-21-18-22-29-38)42(46)49-41-35-39-30-31-40(36-41)45(39)32-23-24-33-45;3-2(4,5)1(6)7/h6-7,9-10,17-22,26-29,39-41H,2-5,8,11-16,23-25,30-36H2,1H3;(H,6,7)/q+1;/p-1/b7-6-,10-9-;. The minimum atomic E-state index is -5.19. The van der Waals surface area contributed by atoms with Crippen LogP contribution in [0.25, 0.3) is 0 Å².